The van der Waals surface area contributed by atoms with Crippen molar-refractivity contribution in [2.75, 3.05) is 25.5 Å². The number of rotatable bonds is 8. The molecule has 29 heavy (non-hydrogen) atoms. The lowest BCUT2D eigenvalue weighted by Crippen LogP contribution is -2.41. The van der Waals surface area contributed by atoms with Crippen LogP contribution in [0, 0.1) is 20.8 Å². The normalized spacial score (nSPS) is 12.0. The fourth-order valence-corrected chi connectivity index (χ4v) is 3.12. The van der Waals surface area contributed by atoms with Crippen LogP contribution in [0.2, 0.25) is 0 Å². The Morgan fingerprint density at radius 1 is 1.14 bits per heavy atom. The summed E-state index contributed by atoms with van der Waals surface area (Å²) in [6.07, 6.45) is 0. The van der Waals surface area contributed by atoms with E-state index in [4.69, 9.17) is 4.74 Å². The Morgan fingerprint density at radius 2 is 1.76 bits per heavy atom. The van der Waals surface area contributed by atoms with Crippen molar-refractivity contribution in [3.05, 3.63) is 52.3 Å². The molecular weight excluding hydrogens is 370 g/mol. The zero-order valence-electron chi connectivity index (χ0n) is 17.9. The third-order valence-electron chi connectivity index (χ3n) is 4.93. The van der Waals surface area contributed by atoms with Crippen LogP contribution in [0.4, 0.5) is 5.69 Å². The number of aromatic amines is 1. The average Bonchev–Trinajstić information content (AvgIpc) is 2.96. The number of aryl methyl sites for hydroxylation is 2. The molecule has 1 atom stereocenters. The number of hydrogen-bond acceptors (Lipinski definition) is 5. The third kappa shape index (κ3) is 5.32. The molecule has 7 heteroatoms. The maximum absolute atomic E-state index is 13.0. The molecule has 2 N–H and O–H groups in total. The molecule has 2 rings (SSSR count). The standard InChI is InChI=1S/C22H29N3O4/c1-7-29-22(28)19-14(3)20(23-15(19)4)21(27)16(5)25(6)12-18(26)24-17-10-8-13(2)9-11-17/h8-11,16,23H,7,12H2,1-6H3,(H,24,26)/t16-/m1/s1. The first-order chi connectivity index (χ1) is 13.6. The van der Waals surface area contributed by atoms with E-state index in [-0.39, 0.29) is 24.8 Å². The molecule has 0 aliphatic rings. The molecule has 0 saturated carbocycles. The van der Waals surface area contributed by atoms with Gasteiger partial charge in [-0.25, -0.2) is 4.79 Å². The van der Waals surface area contributed by atoms with Gasteiger partial charge in [-0.05, 0) is 59.4 Å². The molecular formula is C22H29N3O4. The molecule has 2 aromatic rings. The Labute approximate surface area is 171 Å². The van der Waals surface area contributed by atoms with Gasteiger partial charge in [-0.3, -0.25) is 14.5 Å². The number of anilines is 1. The van der Waals surface area contributed by atoms with Crippen molar-refractivity contribution in [3.63, 3.8) is 0 Å². The maximum atomic E-state index is 13.0. The van der Waals surface area contributed by atoms with Gasteiger partial charge in [0.2, 0.25) is 5.91 Å². The van der Waals surface area contributed by atoms with E-state index in [1.54, 1.807) is 39.6 Å². The van der Waals surface area contributed by atoms with Gasteiger partial charge in [-0.2, -0.15) is 0 Å². The molecule has 1 aromatic heterocycles. The average molecular weight is 399 g/mol. The van der Waals surface area contributed by atoms with Crippen molar-refractivity contribution in [1.82, 2.24) is 9.88 Å². The summed E-state index contributed by atoms with van der Waals surface area (Å²) in [4.78, 5) is 42.1. The number of esters is 1. The van der Waals surface area contributed by atoms with Gasteiger partial charge in [-0.15, -0.1) is 0 Å². The predicted octanol–water partition coefficient (Wildman–Crippen LogP) is 3.26. The Hall–Kier alpha value is -2.93. The van der Waals surface area contributed by atoms with Gasteiger partial charge in [0.05, 0.1) is 30.5 Å². The lowest BCUT2D eigenvalue weighted by molar-refractivity contribution is -0.117. The largest absolute Gasteiger partial charge is 0.462 e. The highest BCUT2D eigenvalue weighted by atomic mass is 16.5. The second kappa shape index (κ2) is 9.52. The summed E-state index contributed by atoms with van der Waals surface area (Å²) in [6.45, 7) is 9.23. The van der Waals surface area contributed by atoms with Crippen LogP contribution in [-0.2, 0) is 9.53 Å². The van der Waals surface area contributed by atoms with Crippen molar-refractivity contribution in [3.8, 4) is 0 Å². The number of Topliss-reactive ketones (excluding diaryl/α,β-unsaturated/α-hetero) is 1. The van der Waals surface area contributed by atoms with E-state index in [1.807, 2.05) is 31.2 Å². The van der Waals surface area contributed by atoms with E-state index in [0.29, 0.717) is 28.2 Å². The number of H-pyrrole nitrogens is 1. The molecule has 7 nitrogen and oxygen atoms in total. The van der Waals surface area contributed by atoms with Crippen molar-refractivity contribution in [2.24, 2.45) is 0 Å². The predicted molar refractivity (Wildman–Crippen MR) is 112 cm³/mol. The van der Waals surface area contributed by atoms with E-state index in [2.05, 4.69) is 10.3 Å². The number of nitrogens with zero attached hydrogens (tertiary/aromatic N) is 1. The van der Waals surface area contributed by atoms with Gasteiger partial charge in [0, 0.05) is 11.4 Å². The number of carbonyl (C=O) groups excluding carboxylic acids is 3. The number of amides is 1. The number of nitrogens with one attached hydrogen (secondary N) is 2. The molecule has 1 amide bonds. The Kier molecular flexibility index (Phi) is 7.34. The molecule has 0 spiro atoms. The van der Waals surface area contributed by atoms with Crippen molar-refractivity contribution in [1.29, 1.82) is 0 Å². The zero-order valence-corrected chi connectivity index (χ0v) is 17.9. The summed E-state index contributed by atoms with van der Waals surface area (Å²) in [5.74, 6) is -0.842. The van der Waals surface area contributed by atoms with Crippen LogP contribution in [0.5, 0.6) is 0 Å². The Balaban J connectivity index is 2.07. The van der Waals surface area contributed by atoms with Crippen LogP contribution < -0.4 is 5.32 Å². The first-order valence-corrected chi connectivity index (χ1v) is 9.62. The van der Waals surface area contributed by atoms with Crippen LogP contribution in [0.25, 0.3) is 0 Å². The number of ether oxygens (including phenoxy) is 1. The van der Waals surface area contributed by atoms with E-state index in [9.17, 15) is 14.4 Å². The molecule has 0 bridgehead atoms. The second-order valence-corrected chi connectivity index (χ2v) is 7.22. The van der Waals surface area contributed by atoms with Gasteiger partial charge < -0.3 is 15.0 Å². The second-order valence-electron chi connectivity index (χ2n) is 7.22. The van der Waals surface area contributed by atoms with Crippen molar-refractivity contribution < 1.29 is 19.1 Å². The Morgan fingerprint density at radius 3 is 2.34 bits per heavy atom. The van der Waals surface area contributed by atoms with Gasteiger partial charge in [0.15, 0.2) is 5.78 Å². The smallest absolute Gasteiger partial charge is 0.340 e. The fraction of sp³-hybridized carbons (Fsp3) is 0.409. The first kappa shape index (κ1) is 22.4. The van der Waals surface area contributed by atoms with Gasteiger partial charge in [0.25, 0.3) is 0 Å². The topological polar surface area (TPSA) is 91.5 Å². The number of hydrogen-bond donors (Lipinski definition) is 2. The number of likely N-dealkylation sites (N-methyl/N-ethyl adjacent to an activating group) is 1. The molecule has 0 unspecified atom stereocenters. The molecule has 0 saturated heterocycles. The quantitative estimate of drug-likeness (QED) is 0.525. The minimum atomic E-state index is -0.550. The number of carbonyl (C=O) groups is 3. The van der Waals surface area contributed by atoms with Crippen LogP contribution in [0.15, 0.2) is 24.3 Å². The van der Waals surface area contributed by atoms with Crippen molar-refractivity contribution >= 4 is 23.3 Å². The SMILES string of the molecule is CCOC(=O)c1c(C)[nH]c(C(=O)[C@@H](C)N(C)CC(=O)Nc2ccc(C)cc2)c1C. The molecule has 1 aromatic carbocycles. The monoisotopic (exact) mass is 399 g/mol. The lowest BCUT2D eigenvalue weighted by Gasteiger charge is -2.23. The van der Waals surface area contributed by atoms with E-state index >= 15 is 0 Å². The molecule has 0 radical (unpaired) electrons. The third-order valence-corrected chi connectivity index (χ3v) is 4.93. The molecule has 1 heterocycles. The van der Waals surface area contributed by atoms with Crippen LogP contribution in [-0.4, -0.2) is 53.8 Å². The van der Waals surface area contributed by atoms with Crippen LogP contribution in [0.3, 0.4) is 0 Å². The summed E-state index contributed by atoms with van der Waals surface area (Å²) in [7, 11) is 1.72. The summed E-state index contributed by atoms with van der Waals surface area (Å²) in [6, 6.07) is 6.96. The number of benzene rings is 1. The van der Waals surface area contributed by atoms with Gasteiger partial charge in [0.1, 0.15) is 0 Å². The van der Waals surface area contributed by atoms with E-state index in [1.165, 1.54) is 0 Å². The van der Waals surface area contributed by atoms with Crippen LogP contribution in [0.1, 0.15) is 51.5 Å². The molecule has 0 fully saturated rings. The summed E-state index contributed by atoms with van der Waals surface area (Å²) < 4.78 is 5.07. The van der Waals surface area contributed by atoms with Crippen molar-refractivity contribution in [2.45, 2.75) is 40.7 Å². The molecule has 0 aliphatic carbocycles. The fourth-order valence-electron chi connectivity index (χ4n) is 3.12. The summed E-state index contributed by atoms with van der Waals surface area (Å²) in [5, 5.41) is 2.83. The number of ketones is 1. The van der Waals surface area contributed by atoms with Crippen LogP contribution >= 0.6 is 0 Å². The highest BCUT2D eigenvalue weighted by Crippen LogP contribution is 2.21. The number of aromatic nitrogens is 1. The van der Waals surface area contributed by atoms with Gasteiger partial charge in [-0.1, -0.05) is 17.7 Å². The zero-order chi connectivity index (χ0) is 21.7. The summed E-state index contributed by atoms with van der Waals surface area (Å²) in [5.41, 5.74) is 3.73. The Bertz CT molecular complexity index is 900. The van der Waals surface area contributed by atoms with E-state index < -0.39 is 12.0 Å². The maximum Gasteiger partial charge on any atom is 0.340 e. The lowest BCUT2D eigenvalue weighted by atomic mass is 10.0. The molecule has 0 aliphatic heterocycles. The highest BCUT2D eigenvalue weighted by Gasteiger charge is 2.28. The minimum Gasteiger partial charge on any atom is -0.462 e. The minimum absolute atomic E-state index is 0.0598. The first-order valence-electron chi connectivity index (χ1n) is 9.62. The molecule has 156 valence electrons. The van der Waals surface area contributed by atoms with Gasteiger partial charge >= 0.3 is 5.97 Å². The highest BCUT2D eigenvalue weighted by molar-refractivity contribution is 6.04. The van der Waals surface area contributed by atoms with E-state index in [0.717, 1.165) is 5.56 Å². The summed E-state index contributed by atoms with van der Waals surface area (Å²) >= 11 is 0.